The summed E-state index contributed by atoms with van der Waals surface area (Å²) in [6, 6.07) is 7.78. The molecule has 116 valence electrons. The fraction of sp³-hybridized carbons (Fsp3) is 0.471. The predicted molar refractivity (Wildman–Crippen MR) is 86.7 cm³/mol. The third-order valence-electron chi connectivity index (χ3n) is 4.32. The van der Waals surface area contributed by atoms with Gasteiger partial charge in [0, 0.05) is 31.6 Å². The lowest BCUT2D eigenvalue weighted by Crippen LogP contribution is -2.45. The molecule has 0 saturated heterocycles. The summed E-state index contributed by atoms with van der Waals surface area (Å²) >= 11 is 0. The molecule has 0 spiro atoms. The van der Waals surface area contributed by atoms with Crippen LogP contribution >= 0.6 is 0 Å². The van der Waals surface area contributed by atoms with Gasteiger partial charge in [0.25, 0.3) is 0 Å². The van der Waals surface area contributed by atoms with Gasteiger partial charge in [0.1, 0.15) is 11.5 Å². The third kappa shape index (κ3) is 3.09. The summed E-state index contributed by atoms with van der Waals surface area (Å²) in [4.78, 5) is 13.5. The minimum absolute atomic E-state index is 0.0253. The second-order valence-corrected chi connectivity index (χ2v) is 5.73. The van der Waals surface area contributed by atoms with Gasteiger partial charge in [-0.3, -0.25) is 4.98 Å². The minimum atomic E-state index is -0.0253. The molecule has 3 rings (SSSR count). The van der Waals surface area contributed by atoms with Crippen LogP contribution in [0.1, 0.15) is 31.9 Å². The van der Waals surface area contributed by atoms with Gasteiger partial charge in [-0.1, -0.05) is 13.0 Å². The molecule has 0 radical (unpaired) electrons. The Morgan fingerprint density at radius 3 is 2.73 bits per heavy atom. The fourth-order valence-corrected chi connectivity index (χ4v) is 2.65. The Labute approximate surface area is 131 Å². The largest absolute Gasteiger partial charge is 0.376 e. The summed E-state index contributed by atoms with van der Waals surface area (Å²) < 4.78 is 5.65. The zero-order valence-corrected chi connectivity index (χ0v) is 13.2. The molecule has 0 aromatic carbocycles. The number of nitrogens with zero attached hydrogens (tertiary/aromatic N) is 3. The van der Waals surface area contributed by atoms with Crippen LogP contribution < -0.4 is 5.32 Å². The minimum Gasteiger partial charge on any atom is -0.376 e. The van der Waals surface area contributed by atoms with Crippen LogP contribution in [-0.2, 0) is 11.2 Å². The molecule has 5 heteroatoms. The molecule has 0 aliphatic heterocycles. The lowest BCUT2D eigenvalue weighted by Gasteiger charge is -2.40. The normalized spacial score (nSPS) is 16.1. The van der Waals surface area contributed by atoms with Crippen molar-refractivity contribution in [3.63, 3.8) is 0 Å². The van der Waals surface area contributed by atoms with Gasteiger partial charge in [-0.05, 0) is 37.8 Å². The number of aryl methyl sites for hydroxylation is 1. The third-order valence-corrected chi connectivity index (χ3v) is 4.32. The van der Waals surface area contributed by atoms with Crippen molar-refractivity contribution in [3.05, 3.63) is 36.2 Å². The number of methoxy groups -OCH3 is 1. The molecule has 1 aliphatic carbocycles. The Balaban J connectivity index is 1.82. The van der Waals surface area contributed by atoms with Crippen LogP contribution in [0, 0.1) is 0 Å². The molecule has 1 saturated carbocycles. The van der Waals surface area contributed by atoms with E-state index < -0.39 is 0 Å². The van der Waals surface area contributed by atoms with Crippen molar-refractivity contribution in [2.24, 2.45) is 0 Å². The average Bonchev–Trinajstić information content (AvgIpc) is 2.55. The van der Waals surface area contributed by atoms with E-state index in [0.29, 0.717) is 5.82 Å². The predicted octanol–water partition coefficient (Wildman–Crippen LogP) is 3.08. The molecule has 1 aliphatic rings. The molecule has 0 atom stereocenters. The fourth-order valence-electron chi connectivity index (χ4n) is 2.65. The van der Waals surface area contributed by atoms with Crippen molar-refractivity contribution in [2.45, 2.75) is 38.2 Å². The van der Waals surface area contributed by atoms with Crippen molar-refractivity contribution < 1.29 is 4.74 Å². The lowest BCUT2D eigenvalue weighted by molar-refractivity contribution is -0.0601. The van der Waals surface area contributed by atoms with E-state index in [1.807, 2.05) is 24.3 Å². The molecular formula is C17H22N4O. The van der Waals surface area contributed by atoms with Gasteiger partial charge in [-0.15, -0.1) is 0 Å². The summed E-state index contributed by atoms with van der Waals surface area (Å²) in [5.74, 6) is 1.51. The van der Waals surface area contributed by atoms with Gasteiger partial charge in [-0.25, -0.2) is 9.97 Å². The van der Waals surface area contributed by atoms with E-state index in [1.54, 1.807) is 13.3 Å². The molecule has 5 nitrogen and oxygen atoms in total. The topological polar surface area (TPSA) is 59.9 Å². The maximum atomic E-state index is 5.65. The summed E-state index contributed by atoms with van der Waals surface area (Å²) in [5.41, 5.74) is 1.78. The Bertz CT molecular complexity index is 620. The second kappa shape index (κ2) is 6.40. The van der Waals surface area contributed by atoms with E-state index in [9.17, 15) is 0 Å². The van der Waals surface area contributed by atoms with Gasteiger partial charge < -0.3 is 10.1 Å². The van der Waals surface area contributed by atoms with Crippen molar-refractivity contribution in [1.82, 2.24) is 15.0 Å². The molecule has 2 aromatic heterocycles. The van der Waals surface area contributed by atoms with E-state index in [0.717, 1.165) is 43.0 Å². The van der Waals surface area contributed by atoms with Crippen molar-refractivity contribution in [1.29, 1.82) is 0 Å². The van der Waals surface area contributed by atoms with Crippen LogP contribution in [0.5, 0.6) is 0 Å². The monoisotopic (exact) mass is 298 g/mol. The van der Waals surface area contributed by atoms with Gasteiger partial charge >= 0.3 is 0 Å². The molecule has 0 amide bonds. The van der Waals surface area contributed by atoms with Crippen LogP contribution in [0.15, 0.2) is 30.5 Å². The highest BCUT2D eigenvalue weighted by atomic mass is 16.5. The number of pyridine rings is 1. The highest BCUT2D eigenvalue weighted by molar-refractivity contribution is 5.53. The number of anilines is 1. The van der Waals surface area contributed by atoms with Crippen LogP contribution in [0.3, 0.4) is 0 Å². The first-order valence-corrected chi connectivity index (χ1v) is 7.83. The van der Waals surface area contributed by atoms with Crippen molar-refractivity contribution in [3.8, 4) is 11.5 Å². The first-order valence-electron chi connectivity index (χ1n) is 7.83. The smallest absolute Gasteiger partial charge is 0.180 e. The number of ether oxygens (including phenoxy) is 1. The molecule has 2 heterocycles. The molecule has 0 bridgehead atoms. The Morgan fingerprint density at radius 2 is 2.14 bits per heavy atom. The summed E-state index contributed by atoms with van der Waals surface area (Å²) in [5, 5.41) is 3.42. The van der Waals surface area contributed by atoms with E-state index in [2.05, 4.69) is 27.2 Å². The van der Waals surface area contributed by atoms with E-state index in [4.69, 9.17) is 4.74 Å². The molecular weight excluding hydrogens is 276 g/mol. The zero-order valence-electron chi connectivity index (χ0n) is 13.2. The highest BCUT2D eigenvalue weighted by Gasteiger charge is 2.36. The van der Waals surface area contributed by atoms with Crippen LogP contribution in [0.2, 0.25) is 0 Å². The lowest BCUT2D eigenvalue weighted by atomic mass is 9.80. The summed E-state index contributed by atoms with van der Waals surface area (Å²) in [7, 11) is 1.79. The van der Waals surface area contributed by atoms with E-state index >= 15 is 0 Å². The number of hydrogen-bond donors (Lipinski definition) is 1. The Morgan fingerprint density at radius 1 is 1.27 bits per heavy atom. The molecule has 22 heavy (non-hydrogen) atoms. The van der Waals surface area contributed by atoms with Crippen LogP contribution in [0.4, 0.5) is 5.82 Å². The number of rotatable bonds is 6. The van der Waals surface area contributed by atoms with Crippen molar-refractivity contribution >= 4 is 5.82 Å². The quantitative estimate of drug-likeness (QED) is 0.888. The molecule has 1 N–H and O–H groups in total. The standard InChI is InChI=1S/C17H22N4O/c1-3-13-11-15(19-12-17(22-2)8-6-9-17)21-16(20-13)14-7-4-5-10-18-14/h4-5,7,10-11H,3,6,8-9,12H2,1-2H3,(H,19,20,21). The number of hydrogen-bond acceptors (Lipinski definition) is 5. The second-order valence-electron chi connectivity index (χ2n) is 5.73. The Hall–Kier alpha value is -2.01. The van der Waals surface area contributed by atoms with Gasteiger partial charge in [0.05, 0.1) is 5.60 Å². The maximum absolute atomic E-state index is 5.65. The summed E-state index contributed by atoms with van der Waals surface area (Å²) in [6.07, 6.45) is 6.08. The zero-order chi connectivity index (χ0) is 15.4. The molecule has 0 unspecified atom stereocenters. The van der Waals surface area contributed by atoms with E-state index in [1.165, 1.54) is 6.42 Å². The van der Waals surface area contributed by atoms with Crippen LogP contribution in [-0.4, -0.2) is 34.2 Å². The first-order chi connectivity index (χ1) is 10.7. The molecule has 1 fully saturated rings. The Kier molecular flexibility index (Phi) is 4.34. The van der Waals surface area contributed by atoms with Gasteiger partial charge in [0.15, 0.2) is 5.82 Å². The summed E-state index contributed by atoms with van der Waals surface area (Å²) in [6.45, 7) is 2.88. The van der Waals surface area contributed by atoms with E-state index in [-0.39, 0.29) is 5.60 Å². The maximum Gasteiger partial charge on any atom is 0.180 e. The van der Waals surface area contributed by atoms with Gasteiger partial charge in [-0.2, -0.15) is 0 Å². The average molecular weight is 298 g/mol. The first kappa shape index (κ1) is 14.9. The van der Waals surface area contributed by atoms with Gasteiger partial charge in [0.2, 0.25) is 0 Å². The molecule has 2 aromatic rings. The number of aromatic nitrogens is 3. The number of nitrogens with one attached hydrogen (secondary N) is 1. The van der Waals surface area contributed by atoms with Crippen molar-refractivity contribution in [2.75, 3.05) is 19.0 Å². The van der Waals surface area contributed by atoms with Crippen LogP contribution in [0.25, 0.3) is 11.5 Å². The highest BCUT2D eigenvalue weighted by Crippen LogP contribution is 2.35. The SMILES string of the molecule is CCc1cc(NCC2(OC)CCC2)nc(-c2ccccn2)n1.